The zero-order valence-corrected chi connectivity index (χ0v) is 13.9. The second-order valence-corrected chi connectivity index (χ2v) is 5.04. The molecule has 0 spiro atoms. The van der Waals surface area contributed by atoms with Crippen LogP contribution in [0.2, 0.25) is 0 Å². The van der Waals surface area contributed by atoms with Crippen molar-refractivity contribution in [3.63, 3.8) is 0 Å². The molecule has 0 aliphatic heterocycles. The highest BCUT2D eigenvalue weighted by Gasteiger charge is 2.17. The van der Waals surface area contributed by atoms with Crippen LogP contribution in [0.25, 0.3) is 0 Å². The van der Waals surface area contributed by atoms with Gasteiger partial charge >= 0.3 is 5.97 Å². The first-order chi connectivity index (χ1) is 12.0. The first kappa shape index (κ1) is 18.4. The third-order valence-electron chi connectivity index (χ3n) is 3.31. The Morgan fingerprint density at radius 1 is 1.32 bits per heavy atom. The molecule has 1 amide bonds. The molecule has 2 N–H and O–H groups in total. The van der Waals surface area contributed by atoms with Gasteiger partial charge in [-0.2, -0.15) is 4.98 Å². The zero-order valence-electron chi connectivity index (χ0n) is 13.9. The lowest BCUT2D eigenvalue weighted by atomic mass is 10.2. The number of amides is 1. The van der Waals surface area contributed by atoms with Crippen LogP contribution in [0.5, 0.6) is 5.75 Å². The van der Waals surface area contributed by atoms with Crippen LogP contribution in [-0.2, 0) is 22.6 Å². The molecule has 9 heteroatoms. The maximum atomic E-state index is 12.0. The largest absolute Gasteiger partial charge is 0.485 e. The maximum Gasteiger partial charge on any atom is 0.334 e. The molecule has 1 aromatic heterocycles. The highest BCUT2D eigenvalue weighted by molar-refractivity contribution is 5.94. The predicted molar refractivity (Wildman–Crippen MR) is 85.2 cm³/mol. The van der Waals surface area contributed by atoms with Gasteiger partial charge < -0.3 is 24.4 Å². The summed E-state index contributed by atoms with van der Waals surface area (Å²) in [6.45, 7) is 1.94. The third-order valence-corrected chi connectivity index (χ3v) is 3.31. The van der Waals surface area contributed by atoms with Gasteiger partial charge in [-0.3, -0.25) is 4.79 Å². The van der Waals surface area contributed by atoms with Crippen molar-refractivity contribution in [3.05, 3.63) is 41.5 Å². The molecule has 0 bridgehead atoms. The SMILES string of the molecule is CCc1nc(COc2ccc(C(=O)NCC(OC)C(=O)O)cc2)no1. The summed E-state index contributed by atoms with van der Waals surface area (Å²) >= 11 is 0. The maximum absolute atomic E-state index is 12.0. The number of nitrogens with zero attached hydrogens (tertiary/aromatic N) is 2. The van der Waals surface area contributed by atoms with E-state index in [1.54, 1.807) is 24.3 Å². The number of nitrogens with one attached hydrogen (secondary N) is 1. The van der Waals surface area contributed by atoms with Crippen LogP contribution in [0, 0.1) is 0 Å². The number of aromatic nitrogens is 2. The molecule has 134 valence electrons. The summed E-state index contributed by atoms with van der Waals surface area (Å²) in [7, 11) is 1.27. The second-order valence-electron chi connectivity index (χ2n) is 5.04. The van der Waals surface area contributed by atoms with E-state index in [9.17, 15) is 9.59 Å². The first-order valence-electron chi connectivity index (χ1n) is 7.61. The smallest absolute Gasteiger partial charge is 0.334 e. The number of carbonyl (C=O) groups excluding carboxylic acids is 1. The van der Waals surface area contributed by atoms with E-state index in [1.165, 1.54) is 7.11 Å². The van der Waals surface area contributed by atoms with Crippen molar-refractivity contribution < 1.29 is 28.7 Å². The number of carboxylic acids is 1. The number of carbonyl (C=O) groups is 2. The van der Waals surface area contributed by atoms with Crippen LogP contribution in [0.1, 0.15) is 29.0 Å². The van der Waals surface area contributed by atoms with E-state index in [0.717, 1.165) is 0 Å². The quantitative estimate of drug-likeness (QED) is 0.688. The Labute approximate surface area is 143 Å². The molecule has 1 unspecified atom stereocenters. The number of aryl methyl sites for hydroxylation is 1. The lowest BCUT2D eigenvalue weighted by Gasteiger charge is -2.11. The van der Waals surface area contributed by atoms with Gasteiger partial charge in [0.2, 0.25) is 11.7 Å². The second kappa shape index (κ2) is 8.78. The summed E-state index contributed by atoms with van der Waals surface area (Å²) in [5, 5.41) is 15.1. The highest BCUT2D eigenvalue weighted by Crippen LogP contribution is 2.13. The molecular formula is C16H19N3O6. The van der Waals surface area contributed by atoms with Crippen molar-refractivity contribution in [2.45, 2.75) is 26.1 Å². The van der Waals surface area contributed by atoms with Crippen molar-refractivity contribution >= 4 is 11.9 Å². The number of hydrogen-bond donors (Lipinski definition) is 2. The van der Waals surface area contributed by atoms with Crippen LogP contribution in [0.15, 0.2) is 28.8 Å². The minimum atomic E-state index is -1.14. The molecule has 0 fully saturated rings. The Morgan fingerprint density at radius 3 is 2.60 bits per heavy atom. The van der Waals surface area contributed by atoms with Gasteiger partial charge in [0.15, 0.2) is 12.7 Å². The van der Waals surface area contributed by atoms with Crippen LogP contribution in [0.3, 0.4) is 0 Å². The molecule has 1 atom stereocenters. The molecular weight excluding hydrogens is 330 g/mol. The molecule has 0 aliphatic rings. The average molecular weight is 349 g/mol. The van der Waals surface area contributed by atoms with Crippen molar-refractivity contribution in [2.75, 3.05) is 13.7 Å². The number of carboxylic acid groups (broad SMARTS) is 1. The molecule has 0 radical (unpaired) electrons. The minimum Gasteiger partial charge on any atom is -0.485 e. The van der Waals surface area contributed by atoms with Crippen molar-refractivity contribution in [3.8, 4) is 5.75 Å². The van der Waals surface area contributed by atoms with E-state index in [1.807, 2.05) is 6.92 Å². The molecule has 2 aromatic rings. The molecule has 9 nitrogen and oxygen atoms in total. The van der Waals surface area contributed by atoms with Crippen LogP contribution >= 0.6 is 0 Å². The number of aliphatic carboxylic acids is 1. The molecule has 2 rings (SSSR count). The first-order valence-corrected chi connectivity index (χ1v) is 7.61. The standard InChI is InChI=1S/C16H19N3O6/c1-3-14-18-13(19-25-14)9-24-11-6-4-10(5-7-11)15(20)17-8-12(23-2)16(21)22/h4-7,12H,3,8-9H2,1-2H3,(H,17,20)(H,21,22). The van der Waals surface area contributed by atoms with Gasteiger partial charge in [-0.15, -0.1) is 0 Å². The Kier molecular flexibility index (Phi) is 6.47. The minimum absolute atomic E-state index is 0.124. The lowest BCUT2D eigenvalue weighted by Crippen LogP contribution is -2.37. The summed E-state index contributed by atoms with van der Waals surface area (Å²) < 4.78 is 15.2. The number of methoxy groups -OCH3 is 1. The lowest BCUT2D eigenvalue weighted by molar-refractivity contribution is -0.148. The van der Waals surface area contributed by atoms with Crippen molar-refractivity contribution in [2.24, 2.45) is 0 Å². The Hall–Kier alpha value is -2.94. The monoisotopic (exact) mass is 349 g/mol. The van der Waals surface area contributed by atoms with Crippen molar-refractivity contribution in [1.82, 2.24) is 15.5 Å². The molecule has 0 saturated heterocycles. The average Bonchev–Trinajstić information content (AvgIpc) is 3.08. The fourth-order valence-electron chi connectivity index (χ4n) is 1.90. The van der Waals surface area contributed by atoms with Crippen molar-refractivity contribution in [1.29, 1.82) is 0 Å². The Bertz CT molecular complexity index is 713. The van der Waals surface area contributed by atoms with E-state index >= 15 is 0 Å². The summed E-state index contributed by atoms with van der Waals surface area (Å²) in [6.07, 6.45) is -0.433. The van der Waals surface area contributed by atoms with Gasteiger partial charge in [0, 0.05) is 19.1 Å². The summed E-state index contributed by atoms with van der Waals surface area (Å²) in [5.74, 6) is -0.0150. The van der Waals surface area contributed by atoms with E-state index in [4.69, 9.17) is 19.1 Å². The topological polar surface area (TPSA) is 124 Å². The van der Waals surface area contributed by atoms with E-state index in [0.29, 0.717) is 29.4 Å². The molecule has 1 heterocycles. The number of benzene rings is 1. The normalized spacial score (nSPS) is 11.8. The molecule has 25 heavy (non-hydrogen) atoms. The zero-order chi connectivity index (χ0) is 18.2. The van der Waals surface area contributed by atoms with E-state index in [-0.39, 0.29) is 13.2 Å². The fraction of sp³-hybridized carbons (Fsp3) is 0.375. The summed E-state index contributed by atoms with van der Waals surface area (Å²) in [4.78, 5) is 26.9. The number of rotatable bonds is 9. The Balaban J connectivity index is 1.86. The van der Waals surface area contributed by atoms with Crippen LogP contribution in [-0.4, -0.2) is 46.9 Å². The number of ether oxygens (including phenoxy) is 2. The summed E-state index contributed by atoms with van der Waals surface area (Å²) in [6, 6.07) is 6.39. The number of hydrogen-bond acceptors (Lipinski definition) is 7. The molecule has 1 aromatic carbocycles. The van der Waals surface area contributed by atoms with Crippen LogP contribution < -0.4 is 10.1 Å². The van der Waals surface area contributed by atoms with E-state index in [2.05, 4.69) is 15.5 Å². The van der Waals surface area contributed by atoms with Gasteiger partial charge in [-0.25, -0.2) is 4.79 Å². The van der Waals surface area contributed by atoms with Gasteiger partial charge in [0.1, 0.15) is 5.75 Å². The highest BCUT2D eigenvalue weighted by atomic mass is 16.5. The fourth-order valence-corrected chi connectivity index (χ4v) is 1.90. The van der Waals surface area contributed by atoms with Gasteiger partial charge in [-0.05, 0) is 24.3 Å². The Morgan fingerprint density at radius 2 is 2.04 bits per heavy atom. The molecule has 0 aliphatic carbocycles. The van der Waals surface area contributed by atoms with Gasteiger partial charge in [0.05, 0.1) is 6.54 Å². The third kappa shape index (κ3) is 5.28. The van der Waals surface area contributed by atoms with Gasteiger partial charge in [0.25, 0.3) is 5.91 Å². The predicted octanol–water partition coefficient (Wildman–Crippen LogP) is 1.04. The van der Waals surface area contributed by atoms with Crippen LogP contribution in [0.4, 0.5) is 0 Å². The van der Waals surface area contributed by atoms with Gasteiger partial charge in [-0.1, -0.05) is 12.1 Å². The van der Waals surface area contributed by atoms with E-state index < -0.39 is 18.0 Å². The molecule has 0 saturated carbocycles. The summed E-state index contributed by atoms with van der Waals surface area (Å²) in [5.41, 5.74) is 0.375.